The third-order valence-corrected chi connectivity index (χ3v) is 5.13. The van der Waals surface area contributed by atoms with Gasteiger partial charge in [0.15, 0.2) is 0 Å². The van der Waals surface area contributed by atoms with Crippen LogP contribution >= 0.6 is 12.4 Å². The van der Waals surface area contributed by atoms with Gasteiger partial charge in [-0.3, -0.25) is 9.69 Å². The maximum atomic E-state index is 12.2. The number of piperidine rings is 1. The minimum Gasteiger partial charge on any atom is -0.496 e. The number of halogens is 1. The summed E-state index contributed by atoms with van der Waals surface area (Å²) in [6.07, 6.45) is 4.89. The van der Waals surface area contributed by atoms with Crippen molar-refractivity contribution in [2.24, 2.45) is 0 Å². The molecule has 1 aromatic rings. The summed E-state index contributed by atoms with van der Waals surface area (Å²) in [4.78, 5) is 14.5. The number of hydrogen-bond donors (Lipinski definition) is 2. The van der Waals surface area contributed by atoms with Gasteiger partial charge in [0.05, 0.1) is 13.7 Å². The number of rotatable bonds is 6. The average Bonchev–Trinajstić information content (AvgIpc) is 2.91. The van der Waals surface area contributed by atoms with Crippen LogP contribution in [0, 0.1) is 0 Å². The highest BCUT2D eigenvalue weighted by Gasteiger charge is 2.35. The van der Waals surface area contributed by atoms with E-state index in [2.05, 4.69) is 22.6 Å². The molecule has 2 N–H and O–H groups in total. The second kappa shape index (κ2) is 8.70. The molecule has 0 saturated carbocycles. The van der Waals surface area contributed by atoms with Crippen molar-refractivity contribution in [2.45, 2.75) is 50.4 Å². The Labute approximate surface area is 150 Å². The maximum Gasteiger partial charge on any atom is 0.234 e. The van der Waals surface area contributed by atoms with Crippen LogP contribution in [0.4, 0.5) is 0 Å². The Kier molecular flexibility index (Phi) is 6.90. The first-order chi connectivity index (χ1) is 11.2. The Morgan fingerprint density at radius 1 is 1.29 bits per heavy atom. The summed E-state index contributed by atoms with van der Waals surface area (Å²) in [5, 5.41) is 6.65. The lowest BCUT2D eigenvalue weighted by Gasteiger charge is -2.35. The third kappa shape index (κ3) is 4.62. The Morgan fingerprint density at radius 3 is 2.62 bits per heavy atom. The number of para-hydroxylation sites is 1. The van der Waals surface area contributed by atoms with Crippen LogP contribution in [0.15, 0.2) is 24.3 Å². The zero-order valence-corrected chi connectivity index (χ0v) is 15.3. The molecule has 2 atom stereocenters. The predicted octanol–water partition coefficient (Wildman–Crippen LogP) is 1.95. The van der Waals surface area contributed by atoms with Gasteiger partial charge in [-0.25, -0.2) is 0 Å². The summed E-state index contributed by atoms with van der Waals surface area (Å²) in [5.74, 6) is 0.889. The van der Waals surface area contributed by atoms with Crippen LogP contribution in [0.2, 0.25) is 0 Å². The summed E-state index contributed by atoms with van der Waals surface area (Å²) in [5.41, 5.74) is 1.01. The van der Waals surface area contributed by atoms with Crippen molar-refractivity contribution in [2.75, 3.05) is 20.7 Å². The average molecular weight is 354 g/mol. The van der Waals surface area contributed by atoms with Crippen molar-refractivity contribution >= 4 is 18.3 Å². The van der Waals surface area contributed by atoms with Gasteiger partial charge in [0.2, 0.25) is 5.91 Å². The molecular formula is C18H28ClN3O2. The fraction of sp³-hybridized carbons (Fsp3) is 0.611. The van der Waals surface area contributed by atoms with Crippen LogP contribution in [0.5, 0.6) is 5.75 Å². The second-order valence-electron chi connectivity index (χ2n) is 6.77. The number of ether oxygens (including phenoxy) is 1. The number of amides is 1. The van der Waals surface area contributed by atoms with Gasteiger partial charge >= 0.3 is 0 Å². The number of fused-ring (bicyclic) bond motifs is 2. The SMILES string of the molecule is COc1ccccc1CNC(=O)CN(C)C1CC2CCC(C1)N2.Cl. The normalized spacial score (nSPS) is 25.2. The van der Waals surface area contributed by atoms with Crippen molar-refractivity contribution in [1.29, 1.82) is 0 Å². The van der Waals surface area contributed by atoms with Crippen molar-refractivity contribution in [1.82, 2.24) is 15.5 Å². The van der Waals surface area contributed by atoms with E-state index in [4.69, 9.17) is 4.74 Å². The number of nitrogens with zero attached hydrogens (tertiary/aromatic N) is 1. The van der Waals surface area contributed by atoms with Crippen LogP contribution < -0.4 is 15.4 Å². The molecule has 2 fully saturated rings. The van der Waals surface area contributed by atoms with Gasteiger partial charge in [-0.05, 0) is 38.8 Å². The lowest BCUT2D eigenvalue weighted by atomic mass is 9.98. The Morgan fingerprint density at radius 2 is 1.96 bits per heavy atom. The van der Waals surface area contributed by atoms with Crippen LogP contribution in [0.25, 0.3) is 0 Å². The van der Waals surface area contributed by atoms with E-state index >= 15 is 0 Å². The molecule has 0 radical (unpaired) electrons. The Balaban J connectivity index is 0.00000208. The van der Waals surface area contributed by atoms with Crippen molar-refractivity contribution in [3.63, 3.8) is 0 Å². The standard InChI is InChI=1S/C18H27N3O2.ClH/c1-21(16-9-14-7-8-15(10-16)20-14)12-18(22)19-11-13-5-3-4-6-17(13)23-2;/h3-6,14-16,20H,7-12H2,1-2H3,(H,19,22);1H. The number of hydrogen-bond acceptors (Lipinski definition) is 4. The molecular weight excluding hydrogens is 326 g/mol. The highest BCUT2D eigenvalue weighted by molar-refractivity contribution is 5.85. The Bertz CT molecular complexity index is 543. The molecule has 2 bridgehead atoms. The largest absolute Gasteiger partial charge is 0.496 e. The van der Waals surface area contributed by atoms with Crippen LogP contribution in [0.3, 0.4) is 0 Å². The third-order valence-electron chi connectivity index (χ3n) is 5.13. The van der Waals surface area contributed by atoms with E-state index in [-0.39, 0.29) is 18.3 Å². The number of carbonyl (C=O) groups excluding carboxylic acids is 1. The van der Waals surface area contributed by atoms with Crippen molar-refractivity contribution in [3.8, 4) is 5.75 Å². The molecule has 24 heavy (non-hydrogen) atoms. The van der Waals surface area contributed by atoms with Gasteiger partial charge in [0, 0.05) is 30.2 Å². The number of carbonyl (C=O) groups is 1. The molecule has 2 saturated heterocycles. The lowest BCUT2D eigenvalue weighted by Crippen LogP contribution is -2.49. The quantitative estimate of drug-likeness (QED) is 0.820. The van der Waals surface area contributed by atoms with Crippen molar-refractivity contribution < 1.29 is 9.53 Å². The fourth-order valence-electron chi connectivity index (χ4n) is 3.84. The summed E-state index contributed by atoms with van der Waals surface area (Å²) >= 11 is 0. The molecule has 1 amide bonds. The number of benzene rings is 1. The monoisotopic (exact) mass is 353 g/mol. The number of methoxy groups -OCH3 is 1. The molecule has 2 unspecified atom stereocenters. The van der Waals surface area contributed by atoms with Crippen LogP contribution in [-0.4, -0.2) is 49.6 Å². The summed E-state index contributed by atoms with van der Waals surface area (Å²) in [7, 11) is 3.72. The summed E-state index contributed by atoms with van der Waals surface area (Å²) in [6, 6.07) is 9.61. The molecule has 0 spiro atoms. The molecule has 0 aromatic heterocycles. The summed E-state index contributed by atoms with van der Waals surface area (Å²) in [6.45, 7) is 0.966. The zero-order valence-electron chi connectivity index (χ0n) is 14.5. The summed E-state index contributed by atoms with van der Waals surface area (Å²) < 4.78 is 5.32. The first-order valence-corrected chi connectivity index (χ1v) is 8.50. The van der Waals surface area contributed by atoms with Gasteiger partial charge < -0.3 is 15.4 Å². The first-order valence-electron chi connectivity index (χ1n) is 8.50. The van der Waals surface area contributed by atoms with Gasteiger partial charge in [0.1, 0.15) is 5.75 Å². The predicted molar refractivity (Wildman–Crippen MR) is 97.7 cm³/mol. The van der Waals surface area contributed by atoms with E-state index in [0.29, 0.717) is 31.2 Å². The van der Waals surface area contributed by atoms with E-state index in [0.717, 1.165) is 24.2 Å². The first kappa shape index (κ1) is 19.0. The minimum absolute atomic E-state index is 0. The van der Waals surface area contributed by atoms with Crippen LogP contribution in [0.1, 0.15) is 31.2 Å². The second-order valence-corrected chi connectivity index (χ2v) is 6.77. The van der Waals surface area contributed by atoms with Gasteiger partial charge in [-0.15, -0.1) is 12.4 Å². The lowest BCUT2D eigenvalue weighted by molar-refractivity contribution is -0.122. The highest BCUT2D eigenvalue weighted by atomic mass is 35.5. The maximum absolute atomic E-state index is 12.2. The highest BCUT2D eigenvalue weighted by Crippen LogP contribution is 2.29. The molecule has 134 valence electrons. The number of likely N-dealkylation sites (N-methyl/N-ethyl adjacent to an activating group) is 1. The van der Waals surface area contributed by atoms with E-state index in [1.54, 1.807) is 7.11 Å². The molecule has 6 heteroatoms. The van der Waals surface area contributed by atoms with Crippen molar-refractivity contribution in [3.05, 3.63) is 29.8 Å². The number of nitrogens with one attached hydrogen (secondary N) is 2. The molecule has 2 aliphatic rings. The van der Waals surface area contributed by atoms with E-state index < -0.39 is 0 Å². The topological polar surface area (TPSA) is 53.6 Å². The molecule has 1 aromatic carbocycles. The Hall–Kier alpha value is -1.30. The van der Waals surface area contributed by atoms with E-state index in [1.807, 2.05) is 24.3 Å². The molecule has 0 aliphatic carbocycles. The van der Waals surface area contributed by atoms with Crippen LogP contribution in [-0.2, 0) is 11.3 Å². The molecule has 2 aliphatic heterocycles. The van der Waals surface area contributed by atoms with Gasteiger partial charge in [0.25, 0.3) is 0 Å². The molecule has 5 nitrogen and oxygen atoms in total. The zero-order chi connectivity index (χ0) is 16.2. The van der Waals surface area contributed by atoms with Gasteiger partial charge in [-0.2, -0.15) is 0 Å². The minimum atomic E-state index is 0. The van der Waals surface area contributed by atoms with E-state index in [1.165, 1.54) is 12.8 Å². The fourth-order valence-corrected chi connectivity index (χ4v) is 3.84. The molecule has 3 rings (SSSR count). The molecule has 2 heterocycles. The van der Waals surface area contributed by atoms with E-state index in [9.17, 15) is 4.79 Å². The smallest absolute Gasteiger partial charge is 0.234 e. The van der Waals surface area contributed by atoms with Gasteiger partial charge in [-0.1, -0.05) is 18.2 Å².